The first-order valence-corrected chi connectivity index (χ1v) is 10.3. The number of thiazole rings is 1. The zero-order valence-electron chi connectivity index (χ0n) is 15.8. The smallest absolute Gasteiger partial charge is 0.367 e. The third-order valence-electron chi connectivity index (χ3n) is 4.58. The van der Waals surface area contributed by atoms with Crippen molar-refractivity contribution >= 4 is 51.7 Å². The highest BCUT2D eigenvalue weighted by atomic mass is 32.2. The highest BCUT2D eigenvalue weighted by Crippen LogP contribution is 2.55. The van der Waals surface area contributed by atoms with Crippen LogP contribution in [-0.4, -0.2) is 60.4 Å². The van der Waals surface area contributed by atoms with E-state index in [0.717, 1.165) is 11.3 Å². The van der Waals surface area contributed by atoms with Gasteiger partial charge >= 0.3 is 17.8 Å². The number of hydrogen-bond donors (Lipinski definition) is 3. The van der Waals surface area contributed by atoms with Gasteiger partial charge in [0.15, 0.2) is 16.2 Å². The normalized spacial score (nSPS) is 28.6. The molecule has 10 nitrogen and oxygen atoms in total. The number of anilines is 1. The zero-order chi connectivity index (χ0) is 20.9. The Hall–Kier alpha value is -2.18. The number of thioether (sulfide) groups is 1. The second-order valence-corrected chi connectivity index (χ2v) is 10.1. The number of aromatic nitrogens is 1. The average Bonchev–Trinajstić information content (AvgIpc) is 3.05. The molecule has 0 saturated carbocycles. The summed E-state index contributed by atoms with van der Waals surface area (Å²) in [5.41, 5.74) is 8.31. The second-order valence-electron chi connectivity index (χ2n) is 7.40. The lowest BCUT2D eigenvalue weighted by atomic mass is 9.96. The summed E-state index contributed by atoms with van der Waals surface area (Å²) in [6.45, 7) is 6.99. The van der Waals surface area contributed by atoms with Gasteiger partial charge in [0.2, 0.25) is 6.04 Å². The number of carbonyl (C=O) groups is 3. The van der Waals surface area contributed by atoms with Crippen LogP contribution in [-0.2, 0) is 19.2 Å². The number of fused-ring (bicyclic) bond motifs is 1. The summed E-state index contributed by atoms with van der Waals surface area (Å²) in [5, 5.41) is 15.1. The van der Waals surface area contributed by atoms with Crippen LogP contribution in [0.2, 0.25) is 0 Å². The standard InChI is InChI=1S/C16H21N5O5S2/c1-7(2)26-20-11(8-6-27-15(17)18-8)13(23)19-21-9(22)5-10(21)28-16(3,4)12(21)14(24)25/h6-7,10,12H,5H2,1-4H3,(H3-,17,18,19,23,24,25)/p+1/b20-11-/t10-,12+,21?/m1/s1. The van der Waals surface area contributed by atoms with Crippen molar-refractivity contribution in [3.8, 4) is 0 Å². The Kier molecular flexibility index (Phi) is 5.15. The number of nitrogens with zero attached hydrogens (tertiary/aromatic N) is 3. The van der Waals surface area contributed by atoms with Crippen molar-refractivity contribution in [2.24, 2.45) is 5.16 Å². The molecule has 3 heterocycles. The Bertz CT molecular complexity index is 867. The molecular formula is C16H22N5O5S2+. The Balaban J connectivity index is 1.97. The molecule has 12 heteroatoms. The number of amides is 2. The van der Waals surface area contributed by atoms with Crippen molar-refractivity contribution in [1.29, 1.82) is 0 Å². The van der Waals surface area contributed by atoms with Crippen LogP contribution in [0.3, 0.4) is 0 Å². The fraction of sp³-hybridized carbons (Fsp3) is 0.562. The van der Waals surface area contributed by atoms with Gasteiger partial charge in [0.05, 0.1) is 4.75 Å². The molecule has 28 heavy (non-hydrogen) atoms. The fourth-order valence-corrected chi connectivity index (χ4v) is 5.81. The molecule has 1 unspecified atom stereocenters. The molecule has 1 aromatic heterocycles. The van der Waals surface area contributed by atoms with Gasteiger partial charge in [-0.2, -0.15) is 5.43 Å². The van der Waals surface area contributed by atoms with Crippen LogP contribution in [0.15, 0.2) is 10.5 Å². The Morgan fingerprint density at radius 1 is 1.50 bits per heavy atom. The van der Waals surface area contributed by atoms with Gasteiger partial charge in [0.25, 0.3) is 0 Å². The van der Waals surface area contributed by atoms with E-state index in [9.17, 15) is 19.5 Å². The van der Waals surface area contributed by atoms with Crippen molar-refractivity contribution in [2.75, 3.05) is 5.73 Å². The largest absolute Gasteiger partial charge is 0.477 e. The maximum Gasteiger partial charge on any atom is 0.367 e. The summed E-state index contributed by atoms with van der Waals surface area (Å²) >= 11 is 2.51. The van der Waals surface area contributed by atoms with Crippen LogP contribution >= 0.6 is 23.1 Å². The molecular weight excluding hydrogens is 406 g/mol. The summed E-state index contributed by atoms with van der Waals surface area (Å²) in [4.78, 5) is 46.9. The second kappa shape index (κ2) is 7.01. The first-order valence-electron chi connectivity index (χ1n) is 8.59. The van der Waals surface area contributed by atoms with E-state index >= 15 is 0 Å². The van der Waals surface area contributed by atoms with Crippen LogP contribution in [0, 0.1) is 0 Å². The van der Waals surface area contributed by atoms with Gasteiger partial charge in [-0.3, -0.25) is 4.79 Å². The molecule has 152 valence electrons. The third kappa shape index (κ3) is 3.25. The van der Waals surface area contributed by atoms with Crippen LogP contribution in [0.25, 0.3) is 0 Å². The first-order chi connectivity index (χ1) is 13.0. The van der Waals surface area contributed by atoms with Gasteiger partial charge in [0, 0.05) is 5.38 Å². The van der Waals surface area contributed by atoms with Gasteiger partial charge in [-0.25, -0.2) is 14.6 Å². The van der Waals surface area contributed by atoms with Gasteiger partial charge in [-0.15, -0.1) is 15.9 Å². The van der Waals surface area contributed by atoms with Crippen molar-refractivity contribution < 1.29 is 28.9 Å². The predicted octanol–water partition coefficient (Wildman–Crippen LogP) is 0.937. The average molecular weight is 429 g/mol. The highest BCUT2D eigenvalue weighted by Gasteiger charge is 2.75. The zero-order valence-corrected chi connectivity index (χ0v) is 17.5. The number of hydrogen-bond acceptors (Lipinski definition) is 9. The van der Waals surface area contributed by atoms with E-state index in [0.29, 0.717) is 0 Å². The van der Waals surface area contributed by atoms with Crippen LogP contribution < -0.4 is 11.2 Å². The molecule has 0 radical (unpaired) electrons. The summed E-state index contributed by atoms with van der Waals surface area (Å²) in [5.74, 6) is -2.25. The number of carbonyl (C=O) groups excluding carboxylic acids is 2. The van der Waals surface area contributed by atoms with E-state index in [-0.39, 0.29) is 40.3 Å². The number of carboxylic acid groups (broad SMARTS) is 1. The Morgan fingerprint density at radius 2 is 2.18 bits per heavy atom. The van der Waals surface area contributed by atoms with Gasteiger partial charge in [-0.05, 0) is 27.7 Å². The highest BCUT2D eigenvalue weighted by molar-refractivity contribution is 8.01. The molecule has 0 aromatic carbocycles. The lowest BCUT2D eigenvalue weighted by molar-refractivity contribution is -0.934. The Labute approximate surface area is 169 Å². The van der Waals surface area contributed by atoms with Crippen molar-refractivity contribution in [3.05, 3.63) is 11.1 Å². The number of β-lactam (4-membered cyclic amide) rings is 1. The minimum atomic E-state index is -1.15. The molecule has 2 fully saturated rings. The molecule has 2 amide bonds. The van der Waals surface area contributed by atoms with E-state index < -0.39 is 27.3 Å². The monoisotopic (exact) mass is 428 g/mol. The van der Waals surface area contributed by atoms with E-state index in [1.165, 1.54) is 11.8 Å². The van der Waals surface area contributed by atoms with Crippen molar-refractivity contribution in [1.82, 2.24) is 10.4 Å². The minimum absolute atomic E-state index is 0.161. The third-order valence-corrected chi connectivity index (χ3v) is 6.85. The number of aliphatic carboxylic acids is 1. The summed E-state index contributed by atoms with van der Waals surface area (Å²) < 4.78 is -1.39. The van der Waals surface area contributed by atoms with Crippen molar-refractivity contribution in [2.45, 2.75) is 56.4 Å². The number of nitrogens with two attached hydrogens (primary N) is 1. The van der Waals surface area contributed by atoms with Crippen LogP contribution in [0.5, 0.6) is 0 Å². The predicted molar refractivity (Wildman–Crippen MR) is 104 cm³/mol. The molecule has 2 saturated heterocycles. The first kappa shape index (κ1) is 20.6. The number of rotatable bonds is 6. The fourth-order valence-electron chi connectivity index (χ4n) is 3.48. The lowest BCUT2D eigenvalue weighted by Gasteiger charge is -2.45. The summed E-state index contributed by atoms with van der Waals surface area (Å²) in [6, 6.07) is -1.12. The van der Waals surface area contributed by atoms with E-state index in [2.05, 4.69) is 15.6 Å². The molecule has 3 rings (SSSR count). The van der Waals surface area contributed by atoms with Crippen LogP contribution in [0.1, 0.15) is 39.8 Å². The molecule has 2 aliphatic heterocycles. The number of oxime groups is 1. The molecule has 2 aliphatic rings. The maximum atomic E-state index is 13.1. The maximum absolute atomic E-state index is 13.1. The van der Waals surface area contributed by atoms with Crippen molar-refractivity contribution in [3.63, 3.8) is 0 Å². The summed E-state index contributed by atoms with van der Waals surface area (Å²) in [6.07, 6.45) is -0.103. The molecule has 4 N–H and O–H groups in total. The molecule has 3 atom stereocenters. The topological polar surface area (TPSA) is 144 Å². The van der Waals surface area contributed by atoms with Crippen LogP contribution in [0.4, 0.5) is 5.13 Å². The number of quaternary nitrogens is 1. The number of carboxylic acids is 1. The van der Waals surface area contributed by atoms with E-state index in [1.807, 2.05) is 0 Å². The van der Waals surface area contributed by atoms with Gasteiger partial charge < -0.3 is 15.7 Å². The van der Waals surface area contributed by atoms with E-state index in [1.54, 1.807) is 33.1 Å². The Morgan fingerprint density at radius 3 is 2.68 bits per heavy atom. The molecule has 0 aliphatic carbocycles. The molecule has 0 spiro atoms. The van der Waals surface area contributed by atoms with Gasteiger partial charge in [-0.1, -0.05) is 16.9 Å². The SMILES string of the molecule is CC(C)O/N=C(\C(=O)N[N+]12C(=O)C[C@H]1SC(C)(C)[C@@H]2C(=O)O)c1csc(N)n1. The van der Waals surface area contributed by atoms with Gasteiger partial charge in [0.1, 0.15) is 18.2 Å². The molecule has 0 bridgehead atoms. The lowest BCUT2D eigenvalue weighted by Crippen LogP contribution is -2.79. The quantitative estimate of drug-likeness (QED) is 0.263. The number of nitrogens with one attached hydrogen (secondary N) is 1. The minimum Gasteiger partial charge on any atom is -0.477 e. The molecule has 1 aromatic rings. The summed E-state index contributed by atoms with van der Waals surface area (Å²) in [7, 11) is 0. The number of nitrogen functional groups attached to an aromatic ring is 1. The van der Waals surface area contributed by atoms with E-state index in [4.69, 9.17) is 10.6 Å².